The molecule has 3 atom stereocenters. The Kier molecular flexibility index (Phi) is 16.7. The number of hydrogen-bond donors (Lipinski definition) is 3. The van der Waals surface area contributed by atoms with E-state index >= 15 is 4.39 Å². The third-order valence-electron chi connectivity index (χ3n) is 11.4. The van der Waals surface area contributed by atoms with E-state index in [1.165, 1.54) is 23.4 Å². The predicted molar refractivity (Wildman–Crippen MR) is 251 cm³/mol. The fraction of sp³-hybridized carbons (Fsp3) is 0.438. The molecule has 6 rings (SSSR count). The number of nitrogens with one attached hydrogen (secondary N) is 2. The van der Waals surface area contributed by atoms with Crippen LogP contribution in [-0.4, -0.2) is 107 Å². The number of nitrogens with zero attached hydrogens (tertiary/aromatic N) is 5. The summed E-state index contributed by atoms with van der Waals surface area (Å²) in [4.78, 5) is 61.7. The second-order valence-corrected chi connectivity index (χ2v) is 18.5. The number of carbonyl (C=O) groups excluding carboxylic acids is 4. The van der Waals surface area contributed by atoms with Crippen molar-refractivity contribution in [2.75, 3.05) is 49.4 Å². The van der Waals surface area contributed by atoms with E-state index in [0.717, 1.165) is 28.9 Å². The number of unbranched alkanes of at least 4 members (excludes halogenated alkanes) is 1. The van der Waals surface area contributed by atoms with Crippen LogP contribution in [0.25, 0.3) is 11.3 Å². The van der Waals surface area contributed by atoms with Crippen LogP contribution in [0.4, 0.5) is 15.8 Å². The zero-order valence-electron chi connectivity index (χ0n) is 38.1. The highest BCUT2D eigenvalue weighted by atomic mass is 35.5. The van der Waals surface area contributed by atoms with Crippen LogP contribution < -0.4 is 25.2 Å². The monoisotopic (exact) mass is 959 g/mol. The number of aliphatic hydroxyl groups excluding tert-OH is 1. The number of ether oxygens (including phenoxy) is 3. The highest BCUT2D eigenvalue weighted by Crippen LogP contribution is 2.39. The second kappa shape index (κ2) is 22.2. The average molecular weight is 961 g/mol. The highest BCUT2D eigenvalue weighted by molar-refractivity contribution is 7.81. The number of aliphatic hydroxyl groups is 1. The maximum atomic E-state index is 15.2. The van der Waals surface area contributed by atoms with Crippen LogP contribution in [0.15, 0.2) is 77.7 Å². The number of benzene rings is 3. The molecule has 0 saturated carbocycles. The van der Waals surface area contributed by atoms with Gasteiger partial charge in [0.05, 0.1) is 35.2 Å². The molecule has 2 aliphatic rings. The average Bonchev–Trinajstić information content (AvgIpc) is 4.02. The summed E-state index contributed by atoms with van der Waals surface area (Å²) in [6, 6.07) is 17.1. The van der Waals surface area contributed by atoms with Crippen molar-refractivity contribution >= 4 is 63.9 Å². The van der Waals surface area contributed by atoms with E-state index in [0.29, 0.717) is 43.4 Å². The first kappa shape index (κ1) is 50.4. The third-order valence-corrected chi connectivity index (χ3v) is 12.1. The van der Waals surface area contributed by atoms with Gasteiger partial charge in [0.1, 0.15) is 36.0 Å². The Bertz CT molecular complexity index is 2440. The smallest absolute Gasteiger partial charge is 0.259 e. The van der Waals surface area contributed by atoms with Crippen molar-refractivity contribution in [3.63, 3.8) is 0 Å². The van der Waals surface area contributed by atoms with Crippen LogP contribution in [0.2, 0.25) is 5.02 Å². The number of β-amino-alcohol motifs (C(OH)–C–C–N with tert-alkyl or cyclic N) is 1. The molecule has 356 valence electrons. The number of hydrogen-bond acceptors (Lipinski definition) is 12. The number of carbonyl (C=O) groups is 4. The Morgan fingerprint density at radius 3 is 2.39 bits per heavy atom. The summed E-state index contributed by atoms with van der Waals surface area (Å²) in [7, 11) is 0. The first-order valence-corrected chi connectivity index (χ1v) is 22.7. The Hall–Kier alpha value is -5.97. The van der Waals surface area contributed by atoms with Gasteiger partial charge in [-0.1, -0.05) is 56.6 Å². The molecule has 19 heteroatoms. The van der Waals surface area contributed by atoms with Crippen LogP contribution in [-0.2, 0) is 35.2 Å². The predicted octanol–water partition coefficient (Wildman–Crippen LogP) is 6.31. The molecule has 3 N–H and O–H groups in total. The van der Waals surface area contributed by atoms with Crippen molar-refractivity contribution in [2.45, 2.75) is 90.6 Å². The van der Waals surface area contributed by atoms with Gasteiger partial charge in [-0.25, -0.2) is 9.37 Å². The van der Waals surface area contributed by atoms with Crippen molar-refractivity contribution < 1.29 is 47.3 Å². The van der Waals surface area contributed by atoms with Crippen molar-refractivity contribution in [1.29, 1.82) is 5.26 Å². The van der Waals surface area contributed by atoms with E-state index < -0.39 is 58.6 Å². The molecule has 0 unspecified atom stereocenters. The molecule has 2 saturated heterocycles. The lowest BCUT2D eigenvalue weighted by Crippen LogP contribution is -2.58. The van der Waals surface area contributed by atoms with Gasteiger partial charge in [-0.05, 0) is 92.7 Å². The third kappa shape index (κ3) is 12.1. The number of halogens is 2. The molecule has 3 heterocycles. The lowest BCUT2D eigenvalue weighted by Gasteiger charge is -2.35. The van der Waals surface area contributed by atoms with Gasteiger partial charge in [-0.3, -0.25) is 24.1 Å². The number of thiocarbonyl (C=S) groups is 1. The number of oxazole rings is 1. The van der Waals surface area contributed by atoms with Gasteiger partial charge in [-0.15, -0.1) is 0 Å². The maximum absolute atomic E-state index is 15.2. The van der Waals surface area contributed by atoms with E-state index in [1.807, 2.05) is 51.1 Å². The number of anilines is 2. The Labute approximate surface area is 399 Å². The van der Waals surface area contributed by atoms with E-state index in [4.69, 9.17) is 42.4 Å². The first-order valence-electron chi connectivity index (χ1n) is 21.9. The Balaban J connectivity index is 0.859. The molecule has 3 aromatic carbocycles. The highest BCUT2D eigenvalue weighted by Gasteiger charge is 2.51. The Morgan fingerprint density at radius 1 is 1.03 bits per heavy atom. The second-order valence-electron chi connectivity index (χ2n) is 17.8. The molecule has 4 amide bonds. The molecule has 1 aromatic heterocycles. The molecule has 4 aromatic rings. The number of aromatic nitrogens is 1. The zero-order valence-corrected chi connectivity index (χ0v) is 39.6. The van der Waals surface area contributed by atoms with E-state index in [9.17, 15) is 29.5 Å². The molecule has 16 nitrogen and oxygen atoms in total. The molecule has 0 bridgehead atoms. The van der Waals surface area contributed by atoms with Crippen LogP contribution in [0.3, 0.4) is 0 Å². The summed E-state index contributed by atoms with van der Waals surface area (Å²) < 4.78 is 37.7. The van der Waals surface area contributed by atoms with Crippen LogP contribution in [0.1, 0.15) is 71.4 Å². The summed E-state index contributed by atoms with van der Waals surface area (Å²) in [5.74, 6) is -1.46. The minimum atomic E-state index is -1.14. The van der Waals surface area contributed by atoms with Crippen molar-refractivity contribution in [2.24, 2.45) is 5.41 Å². The van der Waals surface area contributed by atoms with E-state index in [1.54, 1.807) is 49.2 Å². The van der Waals surface area contributed by atoms with Gasteiger partial charge >= 0.3 is 0 Å². The van der Waals surface area contributed by atoms with Crippen LogP contribution >= 0.6 is 23.8 Å². The van der Waals surface area contributed by atoms with Gasteiger partial charge in [0, 0.05) is 50.6 Å². The molecule has 2 fully saturated rings. The van der Waals surface area contributed by atoms with Crippen LogP contribution in [0, 0.1) is 22.6 Å². The molecular weight excluding hydrogens is 905 g/mol. The maximum Gasteiger partial charge on any atom is 0.259 e. The summed E-state index contributed by atoms with van der Waals surface area (Å²) in [6.45, 7) is 10.3. The quantitative estimate of drug-likeness (QED) is 0.0658. The van der Waals surface area contributed by atoms with Gasteiger partial charge in [0.15, 0.2) is 23.1 Å². The molecular formula is C48H55ClFN7O9S. The fourth-order valence-electron chi connectivity index (χ4n) is 7.73. The SMILES string of the molecule is CC(C)(C)[C@H](NC(=O)COCCCOCCCCOc1ccc(N2C(=S)N(c3ccc(C#N)c(Cl)c3F)C(=O)C2(C)C)cc1)C(=O)N1C[C@H](O)C[C@H]1C(=O)NCc1ccc(-c2cnco2)cc1. The standard InChI is InChI=1S/C48H55ClFN7O9S/c1-47(2,3)42(44(61)55-27-34(58)23-37(55)43(60)53-25-30-9-11-31(12-10-30)38-26-52-29-66-38)54-39(59)28-64-21-8-20-63-19-6-7-22-65-35-16-14-33(15-17-35)57-46(67)56(45(62)48(57,4)5)36-18-13-32(24-51)40(49)41(36)50/h9-18,26,29,34,37,42,58H,6-8,19-23,25,27-28H2,1-5H3,(H,53,60)(H,54,59)/t34-,37+,42-/m1/s1. The number of rotatable bonds is 20. The lowest BCUT2D eigenvalue weighted by atomic mass is 9.85. The van der Waals surface area contributed by atoms with Crippen molar-refractivity contribution in [3.05, 3.63) is 95.2 Å². The molecule has 67 heavy (non-hydrogen) atoms. The molecule has 0 aliphatic carbocycles. The van der Waals surface area contributed by atoms with Crippen LogP contribution in [0.5, 0.6) is 5.75 Å². The lowest BCUT2D eigenvalue weighted by molar-refractivity contribution is -0.144. The van der Waals surface area contributed by atoms with Gasteiger partial charge in [-0.2, -0.15) is 5.26 Å². The summed E-state index contributed by atoms with van der Waals surface area (Å²) in [5, 5.41) is 25.1. The number of likely N-dealkylation sites (tertiary alicyclic amines) is 1. The zero-order chi connectivity index (χ0) is 48.5. The number of amides is 4. The molecule has 0 spiro atoms. The summed E-state index contributed by atoms with van der Waals surface area (Å²) >= 11 is 11.7. The van der Waals surface area contributed by atoms with Gasteiger partial charge < -0.3 is 44.2 Å². The normalized spacial score (nSPS) is 17.4. The molecule has 0 radical (unpaired) electrons. The van der Waals surface area contributed by atoms with E-state index in [2.05, 4.69) is 15.6 Å². The molecule has 2 aliphatic heterocycles. The first-order chi connectivity index (χ1) is 31.9. The largest absolute Gasteiger partial charge is 0.494 e. The minimum absolute atomic E-state index is 0.0346. The summed E-state index contributed by atoms with van der Waals surface area (Å²) in [6.07, 6.45) is 4.16. The van der Waals surface area contributed by atoms with Crippen molar-refractivity contribution in [1.82, 2.24) is 20.5 Å². The van der Waals surface area contributed by atoms with Gasteiger partial charge in [0.2, 0.25) is 17.7 Å². The fourth-order valence-corrected chi connectivity index (χ4v) is 8.45. The van der Waals surface area contributed by atoms with Crippen molar-refractivity contribution in [3.8, 4) is 23.1 Å². The Morgan fingerprint density at radius 2 is 1.72 bits per heavy atom. The van der Waals surface area contributed by atoms with E-state index in [-0.39, 0.29) is 54.1 Å². The number of nitriles is 1. The summed E-state index contributed by atoms with van der Waals surface area (Å²) in [5.41, 5.74) is 0.251. The topological polar surface area (TPSA) is 200 Å². The van der Waals surface area contributed by atoms with Gasteiger partial charge in [0.25, 0.3) is 5.91 Å². The minimum Gasteiger partial charge on any atom is -0.494 e.